The molecular weight excluding hydrogens is 260 g/mol. The molecule has 3 heteroatoms. The number of rotatable bonds is 1. The fourth-order valence-electron chi connectivity index (χ4n) is 2.64. The van der Waals surface area contributed by atoms with E-state index in [0.717, 1.165) is 39.5 Å². The summed E-state index contributed by atoms with van der Waals surface area (Å²) in [6.07, 6.45) is 0. The van der Waals surface area contributed by atoms with E-state index in [9.17, 15) is 4.79 Å². The number of hydrogen-bond acceptors (Lipinski definition) is 2. The molecule has 2 aromatic rings. The minimum atomic E-state index is 0.0178. The number of aromatic amines is 1. The standard InChI is InChI=1S/C18H24N2O/c1-10-8-14(13(4)20-17(10)18(5,6)7)15-9-16(21)11(2)12(3)19-15/h8-9H,1-7H3,(H,19,21). The number of aromatic nitrogens is 2. The van der Waals surface area contributed by atoms with Crippen LogP contribution in [0.2, 0.25) is 0 Å². The van der Waals surface area contributed by atoms with Crippen LogP contribution in [0, 0.1) is 27.7 Å². The molecule has 0 saturated carbocycles. The summed E-state index contributed by atoms with van der Waals surface area (Å²) in [5.74, 6) is 0. The molecule has 0 aliphatic heterocycles. The quantitative estimate of drug-likeness (QED) is 0.861. The highest BCUT2D eigenvalue weighted by Crippen LogP contribution is 2.29. The van der Waals surface area contributed by atoms with E-state index in [4.69, 9.17) is 4.98 Å². The molecule has 2 heterocycles. The van der Waals surface area contributed by atoms with Gasteiger partial charge >= 0.3 is 0 Å². The van der Waals surface area contributed by atoms with Crippen LogP contribution in [-0.4, -0.2) is 9.97 Å². The number of H-pyrrole nitrogens is 1. The largest absolute Gasteiger partial charge is 0.358 e. The summed E-state index contributed by atoms with van der Waals surface area (Å²) >= 11 is 0. The van der Waals surface area contributed by atoms with E-state index < -0.39 is 0 Å². The van der Waals surface area contributed by atoms with Crippen molar-refractivity contribution in [3.63, 3.8) is 0 Å². The molecule has 3 nitrogen and oxygen atoms in total. The van der Waals surface area contributed by atoms with Gasteiger partial charge in [-0.25, -0.2) is 0 Å². The molecule has 1 N–H and O–H groups in total. The number of aryl methyl sites for hydroxylation is 3. The molecule has 0 fully saturated rings. The fraction of sp³-hybridized carbons (Fsp3) is 0.444. The maximum Gasteiger partial charge on any atom is 0.185 e. The van der Waals surface area contributed by atoms with Gasteiger partial charge in [-0.15, -0.1) is 0 Å². The molecule has 0 aromatic carbocycles. The molecule has 0 saturated heterocycles. The van der Waals surface area contributed by atoms with Crippen molar-refractivity contribution in [2.45, 2.75) is 53.9 Å². The number of pyridine rings is 2. The summed E-state index contributed by atoms with van der Waals surface area (Å²) in [5.41, 5.74) is 6.82. The molecule has 0 atom stereocenters. The molecule has 0 spiro atoms. The minimum absolute atomic E-state index is 0.0178. The fourth-order valence-corrected chi connectivity index (χ4v) is 2.64. The lowest BCUT2D eigenvalue weighted by Crippen LogP contribution is -2.17. The molecule has 112 valence electrons. The van der Waals surface area contributed by atoms with Gasteiger partial charge in [-0.3, -0.25) is 9.78 Å². The zero-order valence-electron chi connectivity index (χ0n) is 14.0. The molecule has 2 rings (SSSR count). The van der Waals surface area contributed by atoms with Crippen LogP contribution in [0.3, 0.4) is 0 Å². The lowest BCUT2D eigenvalue weighted by Gasteiger charge is -2.22. The van der Waals surface area contributed by atoms with Crippen LogP contribution in [0.15, 0.2) is 16.9 Å². The Morgan fingerprint density at radius 2 is 1.67 bits per heavy atom. The monoisotopic (exact) mass is 284 g/mol. The Hall–Kier alpha value is -1.90. The predicted octanol–water partition coefficient (Wildman–Crippen LogP) is 3.97. The van der Waals surface area contributed by atoms with Gasteiger partial charge < -0.3 is 4.98 Å². The summed E-state index contributed by atoms with van der Waals surface area (Å²) in [5, 5.41) is 0. The van der Waals surface area contributed by atoms with Crippen LogP contribution in [0.4, 0.5) is 0 Å². The Labute approximate surface area is 126 Å². The van der Waals surface area contributed by atoms with Gasteiger partial charge in [-0.05, 0) is 39.3 Å². The lowest BCUT2D eigenvalue weighted by atomic mass is 9.87. The van der Waals surface area contributed by atoms with Crippen LogP contribution in [0.5, 0.6) is 0 Å². The summed E-state index contributed by atoms with van der Waals surface area (Å²) in [4.78, 5) is 20.1. The molecular formula is C18H24N2O. The Kier molecular flexibility index (Phi) is 3.79. The highest BCUT2D eigenvalue weighted by molar-refractivity contribution is 5.63. The van der Waals surface area contributed by atoms with Crippen LogP contribution >= 0.6 is 0 Å². The molecule has 0 amide bonds. The van der Waals surface area contributed by atoms with Crippen molar-refractivity contribution in [3.05, 3.63) is 50.6 Å². The Morgan fingerprint density at radius 3 is 2.19 bits per heavy atom. The van der Waals surface area contributed by atoms with Gasteiger partial charge in [0.25, 0.3) is 0 Å². The van der Waals surface area contributed by atoms with Gasteiger partial charge in [-0.1, -0.05) is 20.8 Å². The maximum atomic E-state index is 12.0. The first-order chi connectivity index (χ1) is 9.61. The van der Waals surface area contributed by atoms with Crippen LogP contribution in [0.1, 0.15) is 49.0 Å². The van der Waals surface area contributed by atoms with Gasteiger partial charge in [-0.2, -0.15) is 0 Å². The molecule has 0 aliphatic carbocycles. The molecule has 2 aromatic heterocycles. The molecule has 21 heavy (non-hydrogen) atoms. The predicted molar refractivity (Wildman–Crippen MR) is 87.9 cm³/mol. The Balaban J connectivity index is 2.67. The van der Waals surface area contributed by atoms with E-state index in [0.29, 0.717) is 0 Å². The van der Waals surface area contributed by atoms with Crippen molar-refractivity contribution in [1.29, 1.82) is 0 Å². The normalized spacial score (nSPS) is 11.8. The van der Waals surface area contributed by atoms with E-state index in [1.54, 1.807) is 6.07 Å². The number of hydrogen-bond donors (Lipinski definition) is 1. The average Bonchev–Trinajstić information content (AvgIpc) is 2.36. The number of nitrogens with one attached hydrogen (secondary N) is 1. The maximum absolute atomic E-state index is 12.0. The van der Waals surface area contributed by atoms with Crippen molar-refractivity contribution in [2.24, 2.45) is 0 Å². The van der Waals surface area contributed by atoms with Gasteiger partial charge in [0.1, 0.15) is 0 Å². The second-order valence-corrected chi connectivity index (χ2v) is 6.83. The van der Waals surface area contributed by atoms with Gasteiger partial charge in [0.2, 0.25) is 0 Å². The molecule has 0 aliphatic rings. The van der Waals surface area contributed by atoms with E-state index in [-0.39, 0.29) is 10.8 Å². The van der Waals surface area contributed by atoms with Crippen molar-refractivity contribution in [3.8, 4) is 11.3 Å². The van der Waals surface area contributed by atoms with Crippen LogP contribution in [-0.2, 0) is 5.41 Å². The summed E-state index contributed by atoms with van der Waals surface area (Å²) in [6.45, 7) is 14.3. The van der Waals surface area contributed by atoms with Crippen LogP contribution in [0.25, 0.3) is 11.3 Å². The summed E-state index contributed by atoms with van der Waals surface area (Å²) in [6, 6.07) is 3.80. The topological polar surface area (TPSA) is 45.8 Å². The van der Waals surface area contributed by atoms with Crippen molar-refractivity contribution in [2.75, 3.05) is 0 Å². The van der Waals surface area contributed by atoms with E-state index in [1.807, 2.05) is 20.8 Å². The molecule has 0 radical (unpaired) electrons. The molecule has 0 bridgehead atoms. The first-order valence-electron chi connectivity index (χ1n) is 7.31. The lowest BCUT2D eigenvalue weighted by molar-refractivity contribution is 0.562. The van der Waals surface area contributed by atoms with Gasteiger partial charge in [0.15, 0.2) is 5.43 Å². The van der Waals surface area contributed by atoms with Crippen molar-refractivity contribution < 1.29 is 0 Å². The third kappa shape index (κ3) is 2.92. The minimum Gasteiger partial charge on any atom is -0.358 e. The van der Waals surface area contributed by atoms with E-state index in [1.165, 1.54) is 0 Å². The first kappa shape index (κ1) is 15.5. The zero-order chi connectivity index (χ0) is 15.9. The second-order valence-electron chi connectivity index (χ2n) is 6.83. The average molecular weight is 284 g/mol. The Morgan fingerprint density at radius 1 is 1.05 bits per heavy atom. The van der Waals surface area contributed by atoms with E-state index >= 15 is 0 Å². The third-order valence-corrected chi connectivity index (χ3v) is 3.93. The summed E-state index contributed by atoms with van der Waals surface area (Å²) < 4.78 is 0. The van der Waals surface area contributed by atoms with Crippen LogP contribution < -0.4 is 5.43 Å². The first-order valence-corrected chi connectivity index (χ1v) is 7.31. The molecule has 0 unspecified atom stereocenters. The highest BCUT2D eigenvalue weighted by atomic mass is 16.1. The smallest absolute Gasteiger partial charge is 0.185 e. The van der Waals surface area contributed by atoms with Gasteiger partial charge in [0, 0.05) is 39.7 Å². The van der Waals surface area contributed by atoms with E-state index in [2.05, 4.69) is 38.7 Å². The number of nitrogens with zero attached hydrogens (tertiary/aromatic N) is 1. The zero-order valence-corrected chi connectivity index (χ0v) is 14.0. The van der Waals surface area contributed by atoms with Gasteiger partial charge in [0.05, 0.1) is 5.69 Å². The third-order valence-electron chi connectivity index (χ3n) is 3.93. The highest BCUT2D eigenvalue weighted by Gasteiger charge is 2.20. The SMILES string of the molecule is Cc1cc(-c2cc(=O)c(C)c(C)[nH]2)c(C)nc1C(C)(C)C. The second kappa shape index (κ2) is 5.14. The van der Waals surface area contributed by atoms with Crippen molar-refractivity contribution in [1.82, 2.24) is 9.97 Å². The Bertz CT molecular complexity index is 749. The summed E-state index contributed by atoms with van der Waals surface area (Å²) in [7, 11) is 0. The van der Waals surface area contributed by atoms with Crippen molar-refractivity contribution >= 4 is 0 Å².